The van der Waals surface area contributed by atoms with Crippen LogP contribution in [-0.4, -0.2) is 23.8 Å². The quantitative estimate of drug-likeness (QED) is 0.374. The van der Waals surface area contributed by atoms with Gasteiger partial charge in [0, 0.05) is 23.9 Å². The zero-order chi connectivity index (χ0) is 22.1. The van der Waals surface area contributed by atoms with Gasteiger partial charge in [-0.25, -0.2) is 0 Å². The fraction of sp³-hybridized carbons (Fsp3) is 0.240. The normalized spacial score (nSPS) is 11.5. The molecular weight excluding hydrogens is 416 g/mol. The predicted octanol–water partition coefficient (Wildman–Crippen LogP) is 6.39. The van der Waals surface area contributed by atoms with E-state index in [2.05, 4.69) is 0 Å². The lowest BCUT2D eigenvalue weighted by Crippen LogP contribution is -2.16. The van der Waals surface area contributed by atoms with Crippen molar-refractivity contribution in [2.75, 3.05) is 6.61 Å². The first-order valence-corrected chi connectivity index (χ1v) is 10.5. The second-order valence-electron chi connectivity index (χ2n) is 7.11. The highest BCUT2D eigenvalue weighted by atomic mass is 35.5. The van der Waals surface area contributed by atoms with Gasteiger partial charge >= 0.3 is 5.97 Å². The Labute approximate surface area is 187 Å². The molecule has 0 spiro atoms. The van der Waals surface area contributed by atoms with Crippen LogP contribution in [0, 0.1) is 0 Å². The Bertz CT molecular complexity index is 973. The van der Waals surface area contributed by atoms with Crippen molar-refractivity contribution >= 4 is 17.6 Å². The van der Waals surface area contributed by atoms with Crippen molar-refractivity contribution in [3.63, 3.8) is 0 Å². The summed E-state index contributed by atoms with van der Waals surface area (Å²) in [7, 11) is 0. The van der Waals surface area contributed by atoms with E-state index in [-0.39, 0.29) is 12.5 Å². The summed E-state index contributed by atoms with van der Waals surface area (Å²) in [5, 5.41) is 9.33. The van der Waals surface area contributed by atoms with Crippen molar-refractivity contribution < 1.29 is 24.1 Å². The zero-order valence-electron chi connectivity index (χ0n) is 17.3. The summed E-state index contributed by atoms with van der Waals surface area (Å²) in [6, 6.07) is 22.3. The lowest BCUT2D eigenvalue weighted by atomic mass is 10.1. The molecule has 0 saturated carbocycles. The first kappa shape index (κ1) is 22.5. The molecule has 3 aromatic rings. The summed E-state index contributed by atoms with van der Waals surface area (Å²) < 4.78 is 17.8. The van der Waals surface area contributed by atoms with Crippen molar-refractivity contribution in [3.05, 3.63) is 83.4 Å². The lowest BCUT2D eigenvalue weighted by molar-refractivity contribution is -0.136. The Balaban J connectivity index is 1.50. The number of ether oxygens (including phenoxy) is 3. The van der Waals surface area contributed by atoms with E-state index in [1.54, 1.807) is 18.2 Å². The van der Waals surface area contributed by atoms with Crippen LogP contribution < -0.4 is 14.2 Å². The largest absolute Gasteiger partial charge is 0.493 e. The molecule has 31 heavy (non-hydrogen) atoms. The van der Waals surface area contributed by atoms with Crippen molar-refractivity contribution in [1.29, 1.82) is 0 Å². The molecule has 3 rings (SSSR count). The van der Waals surface area contributed by atoms with Gasteiger partial charge in [-0.1, -0.05) is 41.9 Å². The summed E-state index contributed by atoms with van der Waals surface area (Å²) in [6.45, 7) is 2.46. The van der Waals surface area contributed by atoms with E-state index >= 15 is 0 Å². The van der Waals surface area contributed by atoms with Crippen LogP contribution in [0.5, 0.6) is 23.0 Å². The third-order valence-electron chi connectivity index (χ3n) is 4.55. The number of hydrogen-bond acceptors (Lipinski definition) is 4. The number of rotatable bonds is 11. The molecule has 0 aromatic heterocycles. The Morgan fingerprint density at radius 3 is 2.42 bits per heavy atom. The predicted molar refractivity (Wildman–Crippen MR) is 121 cm³/mol. The summed E-state index contributed by atoms with van der Waals surface area (Å²) in [5.74, 6) is 1.82. The summed E-state index contributed by atoms with van der Waals surface area (Å²) in [6.07, 6.45) is 1.20. The molecule has 0 fully saturated rings. The number of carboxylic acid groups (broad SMARTS) is 1. The number of hydrogen-bond donors (Lipinski definition) is 1. The Morgan fingerprint density at radius 2 is 1.71 bits per heavy atom. The molecule has 0 aliphatic carbocycles. The zero-order valence-corrected chi connectivity index (χ0v) is 18.0. The maximum Gasteiger partial charge on any atom is 0.303 e. The summed E-state index contributed by atoms with van der Waals surface area (Å²) in [4.78, 5) is 10.7. The average molecular weight is 441 g/mol. The number of para-hydroxylation sites is 1. The Kier molecular flexibility index (Phi) is 8.19. The number of carbonyl (C=O) groups is 1. The number of benzene rings is 3. The molecule has 0 radical (unpaired) electrons. The van der Waals surface area contributed by atoms with Crippen molar-refractivity contribution in [2.24, 2.45) is 0 Å². The molecule has 6 heteroatoms. The molecule has 0 heterocycles. The topological polar surface area (TPSA) is 65.0 Å². The summed E-state index contributed by atoms with van der Waals surface area (Å²) in [5.41, 5.74) is 0.972. The van der Waals surface area contributed by atoms with Gasteiger partial charge in [-0.3, -0.25) is 4.79 Å². The van der Waals surface area contributed by atoms with Gasteiger partial charge in [0.1, 0.15) is 11.5 Å². The van der Waals surface area contributed by atoms with Gasteiger partial charge in [-0.05, 0) is 55.3 Å². The number of carboxylic acids is 1. The maximum atomic E-state index is 10.7. The van der Waals surface area contributed by atoms with Crippen LogP contribution >= 0.6 is 11.6 Å². The van der Waals surface area contributed by atoms with Crippen LogP contribution in [0.15, 0.2) is 72.8 Å². The van der Waals surface area contributed by atoms with Gasteiger partial charge in [0.15, 0.2) is 11.5 Å². The third-order valence-corrected chi connectivity index (χ3v) is 4.78. The van der Waals surface area contributed by atoms with E-state index < -0.39 is 5.97 Å². The highest BCUT2D eigenvalue weighted by Crippen LogP contribution is 2.35. The standard InChI is InChI=1S/C25H25ClO5/c1-18(15-16-29-21-11-7-19(8-12-21)9-14-25(27)28)30-23-13-10-20(26)17-24(23)31-22-5-3-2-4-6-22/h2-8,10-13,17-18H,9,14-16H2,1H3,(H,27,28). The number of aryl methyl sites for hydroxylation is 1. The molecule has 0 aliphatic heterocycles. The minimum atomic E-state index is -0.799. The first-order valence-electron chi connectivity index (χ1n) is 10.1. The molecule has 0 saturated heterocycles. The monoisotopic (exact) mass is 440 g/mol. The van der Waals surface area contributed by atoms with Crippen LogP contribution in [0.1, 0.15) is 25.3 Å². The smallest absolute Gasteiger partial charge is 0.303 e. The first-order chi connectivity index (χ1) is 15.0. The fourth-order valence-electron chi connectivity index (χ4n) is 2.90. The van der Waals surface area contributed by atoms with Gasteiger partial charge in [-0.2, -0.15) is 0 Å². The molecule has 3 aromatic carbocycles. The lowest BCUT2D eigenvalue weighted by Gasteiger charge is -2.18. The minimum Gasteiger partial charge on any atom is -0.493 e. The molecule has 1 atom stereocenters. The van der Waals surface area contributed by atoms with E-state index in [1.165, 1.54) is 0 Å². The van der Waals surface area contributed by atoms with Gasteiger partial charge in [-0.15, -0.1) is 0 Å². The second-order valence-corrected chi connectivity index (χ2v) is 7.55. The minimum absolute atomic E-state index is 0.103. The van der Waals surface area contributed by atoms with Gasteiger partial charge < -0.3 is 19.3 Å². The number of aliphatic carboxylic acids is 1. The molecule has 0 aliphatic rings. The van der Waals surface area contributed by atoms with Crippen molar-refractivity contribution in [3.8, 4) is 23.0 Å². The van der Waals surface area contributed by atoms with E-state index in [4.69, 9.17) is 30.9 Å². The van der Waals surface area contributed by atoms with E-state index in [9.17, 15) is 4.79 Å². The van der Waals surface area contributed by atoms with Crippen LogP contribution in [0.25, 0.3) is 0 Å². The molecule has 0 bridgehead atoms. The van der Waals surface area contributed by atoms with Crippen molar-refractivity contribution in [2.45, 2.75) is 32.3 Å². The van der Waals surface area contributed by atoms with E-state index in [0.29, 0.717) is 41.7 Å². The van der Waals surface area contributed by atoms with Gasteiger partial charge in [0.25, 0.3) is 0 Å². The average Bonchev–Trinajstić information content (AvgIpc) is 2.76. The number of halogens is 1. The third kappa shape index (κ3) is 7.54. The van der Waals surface area contributed by atoms with Crippen LogP contribution in [0.2, 0.25) is 5.02 Å². The highest BCUT2D eigenvalue weighted by molar-refractivity contribution is 6.30. The van der Waals surface area contributed by atoms with Crippen LogP contribution in [0.3, 0.4) is 0 Å². The highest BCUT2D eigenvalue weighted by Gasteiger charge is 2.12. The summed E-state index contributed by atoms with van der Waals surface area (Å²) >= 11 is 6.13. The molecule has 0 amide bonds. The van der Waals surface area contributed by atoms with E-state index in [0.717, 1.165) is 11.3 Å². The molecular formula is C25H25ClO5. The SMILES string of the molecule is CC(CCOc1ccc(CCC(=O)O)cc1)Oc1ccc(Cl)cc1Oc1ccccc1. The fourth-order valence-corrected chi connectivity index (χ4v) is 3.06. The molecule has 1 unspecified atom stereocenters. The Hall–Kier alpha value is -3.18. The molecule has 1 N–H and O–H groups in total. The maximum absolute atomic E-state index is 10.7. The van der Waals surface area contributed by atoms with Gasteiger partial charge in [0.05, 0.1) is 12.7 Å². The van der Waals surface area contributed by atoms with Crippen molar-refractivity contribution in [1.82, 2.24) is 0 Å². The van der Waals surface area contributed by atoms with Crippen LogP contribution in [0.4, 0.5) is 0 Å². The molecule has 5 nitrogen and oxygen atoms in total. The molecule has 162 valence electrons. The van der Waals surface area contributed by atoms with Crippen LogP contribution in [-0.2, 0) is 11.2 Å². The van der Waals surface area contributed by atoms with E-state index in [1.807, 2.05) is 61.5 Å². The second kappa shape index (κ2) is 11.3. The van der Waals surface area contributed by atoms with Gasteiger partial charge in [0.2, 0.25) is 0 Å². The Morgan fingerprint density at radius 1 is 0.968 bits per heavy atom.